The van der Waals surface area contributed by atoms with Crippen molar-refractivity contribution in [1.82, 2.24) is 24.8 Å². The summed E-state index contributed by atoms with van der Waals surface area (Å²) in [4.78, 5) is 41.8. The number of amides is 1. The SMILES string of the molecule is COC(=O)/C=C/C(=O)N1CCC(=[N+](C)c2nc(OC[C@@H]3CCCN3C)nc3c(F)c(-c4cccc5cccc(Cl)c45)ncc23)C1. The van der Waals surface area contributed by atoms with E-state index < -0.39 is 11.8 Å². The van der Waals surface area contributed by atoms with Gasteiger partial charge in [-0.15, -0.1) is 0 Å². The van der Waals surface area contributed by atoms with Gasteiger partial charge < -0.3 is 19.3 Å². The third kappa shape index (κ3) is 6.10. The van der Waals surface area contributed by atoms with Crippen molar-refractivity contribution in [2.24, 2.45) is 0 Å². The van der Waals surface area contributed by atoms with E-state index in [1.54, 1.807) is 23.2 Å². The smallest absolute Gasteiger partial charge is 0.434 e. The normalized spacial score (nSPS) is 18.3. The molecule has 0 aliphatic carbocycles. The molecule has 0 saturated carbocycles. The number of rotatable bonds is 7. The van der Waals surface area contributed by atoms with E-state index in [0.717, 1.165) is 36.6 Å². The fourth-order valence-corrected chi connectivity index (χ4v) is 6.23. The van der Waals surface area contributed by atoms with Gasteiger partial charge in [0.1, 0.15) is 28.9 Å². The number of carbonyl (C=O) groups excluding carboxylic acids is 2. The minimum atomic E-state index is -0.610. The zero-order valence-corrected chi connectivity index (χ0v) is 26.1. The molecule has 232 valence electrons. The number of hydrogen-bond acceptors (Lipinski definition) is 8. The van der Waals surface area contributed by atoms with Gasteiger partial charge in [-0.25, -0.2) is 13.8 Å². The van der Waals surface area contributed by atoms with E-state index in [2.05, 4.69) is 26.7 Å². The Bertz CT molecular complexity index is 1870. The Morgan fingerprint density at radius 2 is 1.96 bits per heavy atom. The predicted octanol–water partition coefficient (Wildman–Crippen LogP) is 4.79. The van der Waals surface area contributed by atoms with E-state index in [9.17, 15) is 9.59 Å². The molecule has 2 fully saturated rings. The lowest BCUT2D eigenvalue weighted by Gasteiger charge is -2.18. The number of pyridine rings is 1. The first kappa shape index (κ1) is 30.5. The molecule has 2 aromatic carbocycles. The summed E-state index contributed by atoms with van der Waals surface area (Å²) in [6, 6.07) is 11.4. The number of aromatic nitrogens is 3. The molecule has 0 spiro atoms. The van der Waals surface area contributed by atoms with E-state index in [1.165, 1.54) is 13.2 Å². The molecule has 0 radical (unpaired) electrons. The monoisotopic (exact) mass is 631 g/mol. The van der Waals surface area contributed by atoms with Crippen molar-refractivity contribution in [3.63, 3.8) is 0 Å². The number of carbonyl (C=O) groups is 2. The Morgan fingerprint density at radius 1 is 1.16 bits per heavy atom. The summed E-state index contributed by atoms with van der Waals surface area (Å²) in [7, 11) is 5.13. The van der Waals surface area contributed by atoms with Crippen LogP contribution in [0.5, 0.6) is 6.01 Å². The lowest BCUT2D eigenvalue weighted by Crippen LogP contribution is -2.31. The van der Waals surface area contributed by atoms with Gasteiger partial charge in [-0.3, -0.25) is 9.78 Å². The van der Waals surface area contributed by atoms with E-state index in [0.29, 0.717) is 53.3 Å². The first-order chi connectivity index (χ1) is 21.7. The maximum Gasteiger partial charge on any atom is 0.434 e. The summed E-state index contributed by atoms with van der Waals surface area (Å²) >= 11 is 6.57. The molecule has 0 unspecified atom stereocenters. The Morgan fingerprint density at radius 3 is 2.71 bits per heavy atom. The van der Waals surface area contributed by atoms with Gasteiger partial charge in [-0.1, -0.05) is 41.9 Å². The average Bonchev–Trinajstić information content (AvgIpc) is 3.71. The summed E-state index contributed by atoms with van der Waals surface area (Å²) in [6.07, 6.45) is 6.50. The van der Waals surface area contributed by atoms with Gasteiger partial charge in [-0.05, 0) is 37.9 Å². The van der Waals surface area contributed by atoms with Crippen LogP contribution in [0, 0.1) is 5.82 Å². The Labute approximate surface area is 264 Å². The second-order valence-corrected chi connectivity index (χ2v) is 11.6. The maximum atomic E-state index is 16.6. The van der Waals surface area contributed by atoms with Crippen LogP contribution in [0.2, 0.25) is 5.02 Å². The highest BCUT2D eigenvalue weighted by molar-refractivity contribution is 6.36. The predicted molar refractivity (Wildman–Crippen MR) is 170 cm³/mol. The summed E-state index contributed by atoms with van der Waals surface area (Å²) in [5, 5.41) is 2.47. The Balaban J connectivity index is 1.43. The number of hydrogen-bond donors (Lipinski definition) is 0. The molecule has 6 rings (SSSR count). The van der Waals surface area contributed by atoms with Crippen LogP contribution < -0.4 is 4.74 Å². The minimum Gasteiger partial charge on any atom is -0.466 e. The third-order valence-electron chi connectivity index (χ3n) is 8.54. The molecular weight excluding hydrogens is 599 g/mol. The molecule has 0 bridgehead atoms. The van der Waals surface area contributed by atoms with Gasteiger partial charge in [-0.2, -0.15) is 4.98 Å². The fraction of sp³-hybridized carbons (Fsp3) is 0.333. The number of fused-ring (bicyclic) bond motifs is 2. The van der Waals surface area contributed by atoms with Crippen LogP contribution in [0.4, 0.5) is 10.2 Å². The number of ether oxygens (including phenoxy) is 2. The number of methoxy groups -OCH3 is 1. The van der Waals surface area contributed by atoms with Gasteiger partial charge in [0.05, 0.1) is 20.7 Å². The largest absolute Gasteiger partial charge is 0.466 e. The van der Waals surface area contributed by atoms with Crippen molar-refractivity contribution >= 4 is 56.7 Å². The van der Waals surface area contributed by atoms with E-state index in [-0.39, 0.29) is 29.2 Å². The molecule has 12 heteroatoms. The maximum absolute atomic E-state index is 16.6. The van der Waals surface area contributed by atoms with Crippen molar-refractivity contribution in [3.05, 3.63) is 65.6 Å². The minimum absolute atomic E-state index is 0.0594. The van der Waals surface area contributed by atoms with Crippen molar-refractivity contribution in [3.8, 4) is 17.3 Å². The van der Waals surface area contributed by atoms with Crippen LogP contribution in [0.1, 0.15) is 19.3 Å². The van der Waals surface area contributed by atoms with E-state index >= 15 is 4.39 Å². The summed E-state index contributed by atoms with van der Waals surface area (Å²) in [5.74, 6) is -1.11. The fourth-order valence-electron chi connectivity index (χ4n) is 5.95. The lowest BCUT2D eigenvalue weighted by atomic mass is 10.0. The van der Waals surface area contributed by atoms with Gasteiger partial charge in [0.25, 0.3) is 0 Å². The van der Waals surface area contributed by atoms with Crippen LogP contribution in [0.15, 0.2) is 54.7 Å². The molecule has 2 aliphatic heterocycles. The first-order valence-corrected chi connectivity index (χ1v) is 15.1. The molecule has 0 N–H and O–H groups in total. The number of likely N-dealkylation sites (N-methyl/N-ethyl adjacent to an activating group) is 1. The average molecular weight is 632 g/mol. The van der Waals surface area contributed by atoms with Crippen LogP contribution in [-0.2, 0) is 14.3 Å². The van der Waals surface area contributed by atoms with Crippen LogP contribution in [0.25, 0.3) is 32.9 Å². The van der Waals surface area contributed by atoms with E-state index in [1.807, 2.05) is 35.9 Å². The molecule has 4 heterocycles. The molecule has 2 aliphatic rings. The number of likely N-dealkylation sites (tertiary alicyclic amines) is 2. The van der Waals surface area contributed by atoms with Crippen molar-refractivity contribution in [2.45, 2.75) is 25.3 Å². The topological polar surface area (TPSA) is 101 Å². The molecule has 1 amide bonds. The molecule has 10 nitrogen and oxygen atoms in total. The molecule has 45 heavy (non-hydrogen) atoms. The van der Waals surface area contributed by atoms with Crippen molar-refractivity contribution in [1.29, 1.82) is 0 Å². The lowest BCUT2D eigenvalue weighted by molar-refractivity contribution is -0.409. The highest BCUT2D eigenvalue weighted by atomic mass is 35.5. The number of halogens is 2. The summed E-state index contributed by atoms with van der Waals surface area (Å²) < 4.78 is 29.1. The standard InChI is InChI=1S/C33H33ClFN6O4/c1-39-15-6-9-22(39)19-45-33-37-31-24(17-36-30(29(31)35)23-10-4-7-20-8-5-11-25(34)28(20)23)32(38-33)40(2)21-14-16-41(18-21)26(42)12-13-27(43)44-3/h4-5,7-8,10-13,17,22H,6,9,14-16,18-19H2,1-3H3/q+1/b13-12+,40-21?/t22-/m0/s1. The number of esters is 1. The van der Waals surface area contributed by atoms with Gasteiger partial charge in [0.2, 0.25) is 5.91 Å². The van der Waals surface area contributed by atoms with Gasteiger partial charge >= 0.3 is 17.8 Å². The van der Waals surface area contributed by atoms with Crippen LogP contribution >= 0.6 is 11.6 Å². The summed E-state index contributed by atoms with van der Waals surface area (Å²) in [5.41, 5.74) is 1.63. The van der Waals surface area contributed by atoms with Gasteiger partial charge in [0.15, 0.2) is 5.82 Å². The third-order valence-corrected chi connectivity index (χ3v) is 8.85. The Hall–Kier alpha value is -4.48. The Kier molecular flexibility index (Phi) is 8.73. The van der Waals surface area contributed by atoms with Crippen molar-refractivity contribution in [2.75, 3.05) is 47.4 Å². The first-order valence-electron chi connectivity index (χ1n) is 14.8. The molecule has 4 aromatic rings. The summed E-state index contributed by atoms with van der Waals surface area (Å²) in [6.45, 7) is 2.11. The number of nitrogens with zero attached hydrogens (tertiary/aromatic N) is 6. The highest BCUT2D eigenvalue weighted by Crippen LogP contribution is 2.37. The molecule has 2 saturated heterocycles. The quantitative estimate of drug-likeness (QED) is 0.163. The highest BCUT2D eigenvalue weighted by Gasteiger charge is 2.31. The second kappa shape index (κ2) is 12.9. The zero-order chi connectivity index (χ0) is 31.7. The zero-order valence-electron chi connectivity index (χ0n) is 25.3. The van der Waals surface area contributed by atoms with Crippen LogP contribution in [-0.4, -0.2) is 100 Å². The van der Waals surface area contributed by atoms with E-state index in [4.69, 9.17) is 21.3 Å². The number of benzene rings is 2. The second-order valence-electron chi connectivity index (χ2n) is 11.2. The molecule has 2 aromatic heterocycles. The van der Waals surface area contributed by atoms with Crippen molar-refractivity contribution < 1.29 is 28.0 Å². The molecule has 1 atom stereocenters. The molecular formula is C33H33ClFN6O4+. The van der Waals surface area contributed by atoms with Gasteiger partial charge in [0, 0.05) is 58.3 Å². The van der Waals surface area contributed by atoms with Crippen LogP contribution in [0.3, 0.4) is 0 Å².